The summed E-state index contributed by atoms with van der Waals surface area (Å²) in [4.78, 5) is 29.4. The Balaban J connectivity index is 2.13. The van der Waals surface area contributed by atoms with Crippen molar-refractivity contribution in [3.63, 3.8) is 0 Å². The largest absolute Gasteiger partial charge is 0.352 e. The van der Waals surface area contributed by atoms with E-state index in [1.54, 1.807) is 30.3 Å². The minimum absolute atomic E-state index is 0.0875. The van der Waals surface area contributed by atoms with Crippen molar-refractivity contribution < 1.29 is 18.0 Å². The lowest BCUT2D eigenvalue weighted by Gasteiger charge is -2.34. The van der Waals surface area contributed by atoms with E-state index in [0.29, 0.717) is 34.1 Å². The van der Waals surface area contributed by atoms with Crippen LogP contribution in [0, 0.1) is 0 Å². The van der Waals surface area contributed by atoms with Crippen molar-refractivity contribution in [1.82, 2.24) is 10.2 Å². The number of carbonyl (C=O) groups is 2. The van der Waals surface area contributed by atoms with Crippen LogP contribution in [0.15, 0.2) is 72.8 Å². The van der Waals surface area contributed by atoms with Gasteiger partial charge < -0.3 is 10.2 Å². The Morgan fingerprint density at radius 1 is 0.902 bits per heavy atom. The van der Waals surface area contributed by atoms with Crippen LogP contribution in [0.2, 0.25) is 10.0 Å². The minimum Gasteiger partial charge on any atom is -0.352 e. The number of amides is 2. The summed E-state index contributed by atoms with van der Waals surface area (Å²) < 4.78 is 27.2. The molecule has 3 aromatic carbocycles. The number of benzene rings is 3. The van der Waals surface area contributed by atoms with Gasteiger partial charge in [0.1, 0.15) is 12.6 Å². The van der Waals surface area contributed by atoms with Crippen molar-refractivity contribution in [2.75, 3.05) is 17.1 Å². The third-order valence-corrected chi connectivity index (χ3v) is 8.82. The molecule has 0 aliphatic carbocycles. The zero-order valence-electron chi connectivity index (χ0n) is 23.8. The molecule has 0 heterocycles. The lowest BCUT2D eigenvalue weighted by molar-refractivity contribution is -0.140. The number of carbonyl (C=O) groups excluding carboxylic acids is 2. The second-order valence-electron chi connectivity index (χ2n) is 10.00. The summed E-state index contributed by atoms with van der Waals surface area (Å²) in [5, 5.41) is 3.68. The van der Waals surface area contributed by atoms with Gasteiger partial charge in [-0.05, 0) is 49.1 Å². The predicted molar refractivity (Wildman–Crippen MR) is 167 cm³/mol. The molecule has 220 valence electrons. The van der Waals surface area contributed by atoms with Gasteiger partial charge in [-0.1, -0.05) is 91.6 Å². The number of sulfonamides is 1. The zero-order valence-corrected chi connectivity index (χ0v) is 26.1. The van der Waals surface area contributed by atoms with E-state index in [4.69, 9.17) is 23.2 Å². The van der Waals surface area contributed by atoms with Crippen LogP contribution in [0.1, 0.15) is 43.9 Å². The fourth-order valence-electron chi connectivity index (χ4n) is 4.50. The standard InChI is InChI=1S/C31H37Cl2N3O4S/c1-5-22(3)34-31(38)29(19-23-13-8-7-9-14-23)35(20-25-26(32)16-12-17-27(25)33)30(37)21-36(41(4,39)40)28-18-11-10-15-24(28)6-2/h7-18,22,29H,5-6,19-21H2,1-4H3,(H,34,38)/t22-,29-/m1/s1. The molecule has 0 spiro atoms. The topological polar surface area (TPSA) is 86.8 Å². The molecule has 0 aliphatic rings. The molecule has 0 bridgehead atoms. The van der Waals surface area contributed by atoms with Gasteiger partial charge in [0.25, 0.3) is 0 Å². The van der Waals surface area contributed by atoms with E-state index in [9.17, 15) is 18.0 Å². The summed E-state index contributed by atoms with van der Waals surface area (Å²) in [6, 6.07) is 20.4. The van der Waals surface area contributed by atoms with Crippen LogP contribution >= 0.6 is 23.2 Å². The van der Waals surface area contributed by atoms with E-state index >= 15 is 0 Å². The highest BCUT2D eigenvalue weighted by Crippen LogP contribution is 2.29. The maximum Gasteiger partial charge on any atom is 0.244 e. The first-order chi connectivity index (χ1) is 19.5. The van der Waals surface area contributed by atoms with Gasteiger partial charge in [0.15, 0.2) is 0 Å². The molecule has 0 aromatic heterocycles. The second kappa shape index (κ2) is 14.7. The summed E-state index contributed by atoms with van der Waals surface area (Å²) >= 11 is 13.0. The van der Waals surface area contributed by atoms with Crippen molar-refractivity contribution in [3.05, 3.63) is 99.5 Å². The van der Waals surface area contributed by atoms with Gasteiger partial charge in [0, 0.05) is 34.6 Å². The van der Waals surface area contributed by atoms with Gasteiger partial charge >= 0.3 is 0 Å². The first-order valence-electron chi connectivity index (χ1n) is 13.6. The van der Waals surface area contributed by atoms with Gasteiger partial charge in [0.05, 0.1) is 11.9 Å². The SMILES string of the molecule is CCc1ccccc1N(CC(=O)N(Cc1c(Cl)cccc1Cl)[C@H](Cc1ccccc1)C(=O)N[C@H](C)CC)S(C)(=O)=O. The smallest absolute Gasteiger partial charge is 0.244 e. The molecule has 7 nitrogen and oxygen atoms in total. The number of hydrogen-bond acceptors (Lipinski definition) is 4. The van der Waals surface area contributed by atoms with Crippen LogP contribution in [-0.4, -0.2) is 50.0 Å². The number of nitrogens with zero attached hydrogens (tertiary/aromatic N) is 2. The Hall–Kier alpha value is -3.07. The molecule has 0 saturated carbocycles. The molecule has 0 fully saturated rings. The fraction of sp³-hybridized carbons (Fsp3) is 0.355. The maximum atomic E-state index is 14.2. The molecule has 2 atom stereocenters. The van der Waals surface area contributed by atoms with Crippen molar-refractivity contribution in [3.8, 4) is 0 Å². The molecule has 3 rings (SSSR count). The number of rotatable bonds is 13. The second-order valence-corrected chi connectivity index (χ2v) is 12.7. The van der Waals surface area contributed by atoms with Crippen LogP contribution in [0.4, 0.5) is 5.69 Å². The highest BCUT2D eigenvalue weighted by Gasteiger charge is 2.34. The van der Waals surface area contributed by atoms with Crippen molar-refractivity contribution >= 4 is 50.7 Å². The number of hydrogen-bond donors (Lipinski definition) is 1. The molecule has 41 heavy (non-hydrogen) atoms. The zero-order chi connectivity index (χ0) is 30.2. The van der Waals surface area contributed by atoms with Gasteiger partial charge in [-0.15, -0.1) is 0 Å². The summed E-state index contributed by atoms with van der Waals surface area (Å²) in [6.07, 6.45) is 2.55. The Morgan fingerprint density at radius 2 is 1.51 bits per heavy atom. The first-order valence-corrected chi connectivity index (χ1v) is 16.2. The van der Waals surface area contributed by atoms with Crippen molar-refractivity contribution in [1.29, 1.82) is 0 Å². The molecule has 0 aliphatic heterocycles. The molecule has 3 aromatic rings. The van der Waals surface area contributed by atoms with E-state index in [1.807, 2.05) is 63.2 Å². The highest BCUT2D eigenvalue weighted by molar-refractivity contribution is 7.92. The third kappa shape index (κ3) is 8.71. The summed E-state index contributed by atoms with van der Waals surface area (Å²) in [6.45, 7) is 5.18. The Bertz CT molecular complexity index is 1430. The number of para-hydroxylation sites is 1. The van der Waals surface area contributed by atoms with Crippen molar-refractivity contribution in [2.24, 2.45) is 0 Å². The van der Waals surface area contributed by atoms with Crippen LogP contribution in [-0.2, 0) is 39.0 Å². The number of aryl methyl sites for hydroxylation is 1. The number of nitrogens with one attached hydrogen (secondary N) is 1. The average molecular weight is 619 g/mol. The Kier molecular flexibility index (Phi) is 11.6. The average Bonchev–Trinajstić information content (AvgIpc) is 2.94. The number of anilines is 1. The lowest BCUT2D eigenvalue weighted by Crippen LogP contribution is -2.54. The van der Waals surface area contributed by atoms with Crippen LogP contribution < -0.4 is 9.62 Å². The summed E-state index contributed by atoms with van der Waals surface area (Å²) in [5.74, 6) is -0.905. The maximum absolute atomic E-state index is 14.2. The van der Waals surface area contributed by atoms with Crippen LogP contribution in [0.5, 0.6) is 0 Å². The monoisotopic (exact) mass is 617 g/mol. The Labute approximate surface area is 253 Å². The van der Waals surface area contributed by atoms with Gasteiger partial charge in [-0.25, -0.2) is 8.42 Å². The van der Waals surface area contributed by atoms with Gasteiger partial charge in [0.2, 0.25) is 21.8 Å². The molecule has 0 radical (unpaired) electrons. The van der Waals surface area contributed by atoms with Crippen molar-refractivity contribution in [2.45, 2.75) is 58.7 Å². The van der Waals surface area contributed by atoms with E-state index in [2.05, 4.69) is 5.32 Å². The minimum atomic E-state index is -3.86. The quantitative estimate of drug-likeness (QED) is 0.260. The molecule has 10 heteroatoms. The fourth-order valence-corrected chi connectivity index (χ4v) is 5.89. The van der Waals surface area contributed by atoms with E-state index < -0.39 is 28.5 Å². The number of halogens is 2. The predicted octanol–water partition coefficient (Wildman–Crippen LogP) is 5.88. The van der Waals surface area contributed by atoms with Gasteiger partial charge in [-0.3, -0.25) is 13.9 Å². The molecule has 1 N–H and O–H groups in total. The molecule has 0 unspecified atom stereocenters. The molecular weight excluding hydrogens is 581 g/mol. The van der Waals surface area contributed by atoms with E-state index in [0.717, 1.165) is 21.7 Å². The molecule has 2 amide bonds. The first kappa shape index (κ1) is 32.4. The molecule has 0 saturated heterocycles. The van der Waals surface area contributed by atoms with E-state index in [-0.39, 0.29) is 24.9 Å². The lowest BCUT2D eigenvalue weighted by atomic mass is 10.0. The summed E-state index contributed by atoms with van der Waals surface area (Å²) in [7, 11) is -3.86. The Morgan fingerprint density at radius 3 is 2.10 bits per heavy atom. The normalized spacial score (nSPS) is 12.8. The van der Waals surface area contributed by atoms with E-state index in [1.165, 1.54) is 4.90 Å². The van der Waals surface area contributed by atoms with Crippen LogP contribution in [0.25, 0.3) is 0 Å². The van der Waals surface area contributed by atoms with Crippen LogP contribution in [0.3, 0.4) is 0 Å². The molecular formula is C31H37Cl2N3O4S. The van der Waals surface area contributed by atoms with Gasteiger partial charge in [-0.2, -0.15) is 0 Å². The highest BCUT2D eigenvalue weighted by atomic mass is 35.5. The third-order valence-electron chi connectivity index (χ3n) is 6.98. The summed E-state index contributed by atoms with van der Waals surface area (Å²) in [5.41, 5.74) is 2.52.